The number of aryl methyl sites for hydroxylation is 1. The highest BCUT2D eigenvalue weighted by molar-refractivity contribution is 4.97. The van der Waals surface area contributed by atoms with Gasteiger partial charge in [0, 0.05) is 12.7 Å². The number of halogens is 3. The topological polar surface area (TPSA) is 27.1 Å². The number of ether oxygens (including phenoxy) is 1. The van der Waals surface area contributed by atoms with Crippen molar-refractivity contribution in [2.45, 2.75) is 52.1 Å². The molecule has 0 bridgehead atoms. The molecule has 0 saturated heterocycles. The summed E-state index contributed by atoms with van der Waals surface area (Å²) in [5.41, 5.74) is 0.660. The highest BCUT2D eigenvalue weighted by atomic mass is 19.4. The van der Waals surface area contributed by atoms with Crippen molar-refractivity contribution in [3.63, 3.8) is 0 Å². The summed E-state index contributed by atoms with van der Waals surface area (Å²) in [7, 11) is 0. The van der Waals surface area contributed by atoms with Gasteiger partial charge < -0.3 is 4.74 Å². The van der Waals surface area contributed by atoms with Crippen molar-refractivity contribution >= 4 is 0 Å². The molecule has 1 heterocycles. The molecule has 0 fully saturated rings. The van der Waals surface area contributed by atoms with E-state index in [0.717, 1.165) is 6.42 Å². The van der Waals surface area contributed by atoms with Gasteiger partial charge in [0.2, 0.25) is 0 Å². The van der Waals surface area contributed by atoms with Crippen LogP contribution in [0.3, 0.4) is 0 Å². The minimum atomic E-state index is -4.14. The number of rotatable bonds is 6. The van der Waals surface area contributed by atoms with Crippen molar-refractivity contribution in [1.82, 2.24) is 9.78 Å². The van der Waals surface area contributed by atoms with Crippen molar-refractivity contribution in [2.75, 3.05) is 0 Å². The van der Waals surface area contributed by atoms with Crippen LogP contribution in [0.2, 0.25) is 0 Å². The molecule has 0 radical (unpaired) electrons. The fourth-order valence-corrected chi connectivity index (χ4v) is 1.19. The molecule has 17 heavy (non-hydrogen) atoms. The maximum atomic E-state index is 12.0. The molecule has 0 spiro atoms. The van der Waals surface area contributed by atoms with E-state index in [2.05, 4.69) is 5.10 Å². The Morgan fingerprint density at radius 3 is 2.76 bits per heavy atom. The Morgan fingerprint density at radius 2 is 2.18 bits per heavy atom. The van der Waals surface area contributed by atoms with Gasteiger partial charge in [-0.15, -0.1) is 0 Å². The van der Waals surface area contributed by atoms with E-state index >= 15 is 0 Å². The maximum Gasteiger partial charge on any atom is 0.390 e. The normalized spacial score (nSPS) is 13.9. The Labute approximate surface area is 98.6 Å². The van der Waals surface area contributed by atoms with Crippen LogP contribution in [0.25, 0.3) is 0 Å². The van der Waals surface area contributed by atoms with Crippen LogP contribution in [0.4, 0.5) is 13.2 Å². The van der Waals surface area contributed by atoms with Crippen LogP contribution in [0.1, 0.15) is 32.4 Å². The van der Waals surface area contributed by atoms with Crippen molar-refractivity contribution in [1.29, 1.82) is 0 Å². The zero-order valence-electron chi connectivity index (χ0n) is 10.00. The predicted molar refractivity (Wildman–Crippen MR) is 57.4 cm³/mol. The van der Waals surface area contributed by atoms with Crippen molar-refractivity contribution in [3.8, 4) is 0 Å². The zero-order valence-corrected chi connectivity index (χ0v) is 10.00. The van der Waals surface area contributed by atoms with E-state index in [1.54, 1.807) is 12.3 Å². The summed E-state index contributed by atoms with van der Waals surface area (Å²) in [6, 6.07) is 1.68. The summed E-state index contributed by atoms with van der Waals surface area (Å²) in [4.78, 5) is 0. The van der Waals surface area contributed by atoms with E-state index in [1.165, 1.54) is 4.68 Å². The molecule has 3 nitrogen and oxygen atoms in total. The Hall–Kier alpha value is -1.04. The van der Waals surface area contributed by atoms with Crippen molar-refractivity contribution in [2.24, 2.45) is 0 Å². The molecule has 0 aromatic carbocycles. The third kappa shape index (κ3) is 5.72. The molecular formula is C11H17F3N2O. The van der Waals surface area contributed by atoms with Crippen molar-refractivity contribution in [3.05, 3.63) is 18.0 Å². The molecule has 1 aromatic rings. The Balaban J connectivity index is 2.37. The first-order valence-corrected chi connectivity index (χ1v) is 5.61. The van der Waals surface area contributed by atoms with Crippen LogP contribution in [0.5, 0.6) is 0 Å². The lowest BCUT2D eigenvalue weighted by Crippen LogP contribution is -2.13. The van der Waals surface area contributed by atoms with E-state index < -0.39 is 12.6 Å². The monoisotopic (exact) mass is 250 g/mol. The van der Waals surface area contributed by atoms with Gasteiger partial charge in [-0.05, 0) is 19.4 Å². The second-order valence-corrected chi connectivity index (χ2v) is 3.97. The largest absolute Gasteiger partial charge is 0.390 e. The maximum absolute atomic E-state index is 12.0. The SMILES string of the molecule is CCC(C)OCc1ccn(CCC(F)(F)F)n1. The van der Waals surface area contributed by atoms with Gasteiger partial charge in [0.15, 0.2) is 0 Å². The van der Waals surface area contributed by atoms with Crippen molar-refractivity contribution < 1.29 is 17.9 Å². The molecule has 0 saturated carbocycles. The van der Waals surface area contributed by atoms with Gasteiger partial charge in [-0.25, -0.2) is 0 Å². The number of hydrogen-bond acceptors (Lipinski definition) is 2. The summed E-state index contributed by atoms with van der Waals surface area (Å²) in [6.45, 7) is 4.15. The smallest absolute Gasteiger partial charge is 0.372 e. The van der Waals surface area contributed by atoms with Gasteiger partial charge >= 0.3 is 6.18 Å². The fourth-order valence-electron chi connectivity index (χ4n) is 1.19. The Bertz CT molecular complexity index is 336. The molecule has 1 atom stereocenters. The molecule has 6 heteroatoms. The van der Waals surface area contributed by atoms with E-state index in [4.69, 9.17) is 4.74 Å². The molecule has 0 amide bonds. The van der Waals surface area contributed by atoms with Crippen LogP contribution in [-0.2, 0) is 17.9 Å². The van der Waals surface area contributed by atoms with Crippen LogP contribution >= 0.6 is 0 Å². The molecule has 0 aliphatic heterocycles. The lowest BCUT2D eigenvalue weighted by molar-refractivity contribution is -0.137. The average Bonchev–Trinajstić information content (AvgIpc) is 2.70. The van der Waals surface area contributed by atoms with Gasteiger partial charge in [-0.2, -0.15) is 18.3 Å². The van der Waals surface area contributed by atoms with Gasteiger partial charge in [0.05, 0.1) is 24.8 Å². The van der Waals surface area contributed by atoms with Crippen LogP contribution in [0, 0.1) is 0 Å². The second-order valence-electron chi connectivity index (χ2n) is 3.97. The minimum absolute atomic E-state index is 0.135. The first-order valence-electron chi connectivity index (χ1n) is 5.61. The third-order valence-electron chi connectivity index (χ3n) is 2.41. The molecule has 0 N–H and O–H groups in total. The van der Waals surface area contributed by atoms with E-state index in [-0.39, 0.29) is 12.6 Å². The first kappa shape index (κ1) is 14.0. The van der Waals surface area contributed by atoms with Crippen LogP contribution in [0.15, 0.2) is 12.3 Å². The van der Waals surface area contributed by atoms with Gasteiger partial charge in [-0.3, -0.25) is 4.68 Å². The molecule has 1 unspecified atom stereocenters. The molecular weight excluding hydrogens is 233 g/mol. The Kier molecular flexibility index (Phi) is 4.99. The second kappa shape index (κ2) is 6.05. The number of nitrogens with zero attached hydrogens (tertiary/aromatic N) is 2. The zero-order chi connectivity index (χ0) is 12.9. The molecule has 1 rings (SSSR count). The number of aromatic nitrogens is 2. The quantitative estimate of drug-likeness (QED) is 0.775. The Morgan fingerprint density at radius 1 is 1.47 bits per heavy atom. The predicted octanol–water partition coefficient (Wildman–Crippen LogP) is 3.15. The summed E-state index contributed by atoms with van der Waals surface area (Å²) < 4.78 is 42.7. The lowest BCUT2D eigenvalue weighted by atomic mass is 10.3. The molecule has 1 aromatic heterocycles. The molecule has 98 valence electrons. The van der Waals surface area contributed by atoms with E-state index in [0.29, 0.717) is 12.3 Å². The standard InChI is InChI=1S/C11H17F3N2O/c1-3-9(2)17-8-10-4-6-16(15-10)7-5-11(12,13)14/h4,6,9H,3,5,7-8H2,1-2H3. The number of hydrogen-bond donors (Lipinski definition) is 0. The summed E-state index contributed by atoms with van der Waals surface area (Å²) >= 11 is 0. The highest BCUT2D eigenvalue weighted by Gasteiger charge is 2.26. The van der Waals surface area contributed by atoms with E-state index in [1.807, 2.05) is 13.8 Å². The summed E-state index contributed by atoms with van der Waals surface area (Å²) in [5.74, 6) is 0. The third-order valence-corrected chi connectivity index (χ3v) is 2.41. The first-order chi connectivity index (χ1) is 7.90. The number of alkyl halides is 3. The fraction of sp³-hybridized carbons (Fsp3) is 0.727. The summed E-state index contributed by atoms with van der Waals surface area (Å²) in [5, 5.41) is 4.01. The minimum Gasteiger partial charge on any atom is -0.372 e. The average molecular weight is 250 g/mol. The van der Waals surface area contributed by atoms with Gasteiger partial charge in [0.25, 0.3) is 0 Å². The van der Waals surface area contributed by atoms with Gasteiger partial charge in [-0.1, -0.05) is 6.92 Å². The van der Waals surface area contributed by atoms with E-state index in [9.17, 15) is 13.2 Å². The van der Waals surface area contributed by atoms with Gasteiger partial charge in [0.1, 0.15) is 0 Å². The lowest BCUT2D eigenvalue weighted by Gasteiger charge is -2.08. The summed E-state index contributed by atoms with van der Waals surface area (Å²) in [6.07, 6.45) is -2.43. The van der Waals surface area contributed by atoms with Crippen LogP contribution < -0.4 is 0 Å². The molecule has 0 aliphatic rings. The highest BCUT2D eigenvalue weighted by Crippen LogP contribution is 2.20. The van der Waals surface area contributed by atoms with Crippen LogP contribution in [-0.4, -0.2) is 22.1 Å². The molecule has 0 aliphatic carbocycles.